The molecule has 1 aromatic rings. The van der Waals surface area contributed by atoms with Gasteiger partial charge in [-0.2, -0.15) is 0 Å². The Kier molecular flexibility index (Phi) is 8.23. The number of benzene rings is 1. The van der Waals surface area contributed by atoms with Crippen LogP contribution in [0.3, 0.4) is 0 Å². The van der Waals surface area contributed by atoms with Crippen LogP contribution in [0.15, 0.2) is 23.1 Å². The summed E-state index contributed by atoms with van der Waals surface area (Å²) in [6.45, 7) is 8.25. The van der Waals surface area contributed by atoms with Crippen LogP contribution in [0.25, 0.3) is 0 Å². The summed E-state index contributed by atoms with van der Waals surface area (Å²) in [4.78, 5) is 13.5. The Hall–Kier alpha value is -0.870. The minimum Gasteiger partial charge on any atom is -0.385 e. The molecule has 4 fully saturated rings. The van der Waals surface area contributed by atoms with Gasteiger partial charge in [-0.3, -0.25) is 9.52 Å². The van der Waals surface area contributed by atoms with E-state index in [1.807, 2.05) is 18.2 Å². The molecule has 0 saturated heterocycles. The van der Waals surface area contributed by atoms with E-state index in [1.165, 1.54) is 82.6 Å². The topological polar surface area (TPSA) is 41.1 Å². The first-order valence-electron chi connectivity index (χ1n) is 14.8. The molecule has 0 spiro atoms. The van der Waals surface area contributed by atoms with Gasteiger partial charge in [0.05, 0.1) is 5.02 Å². The van der Waals surface area contributed by atoms with Crippen LogP contribution >= 0.6 is 23.5 Å². The summed E-state index contributed by atoms with van der Waals surface area (Å²) < 4.78 is 3.02. The lowest BCUT2D eigenvalue weighted by Crippen LogP contribution is -2.52. The Morgan fingerprint density at radius 3 is 2.67 bits per heavy atom. The second kappa shape index (κ2) is 11.1. The molecule has 3 nitrogen and oxygen atoms in total. The predicted molar refractivity (Wildman–Crippen MR) is 153 cm³/mol. The summed E-state index contributed by atoms with van der Waals surface area (Å²) in [5, 5.41) is 3.94. The van der Waals surface area contributed by atoms with Crippen molar-refractivity contribution in [3.63, 3.8) is 0 Å². The van der Waals surface area contributed by atoms with Crippen LogP contribution in [-0.2, 0) is 4.79 Å². The highest BCUT2D eigenvalue weighted by Crippen LogP contribution is 2.67. The van der Waals surface area contributed by atoms with Crippen molar-refractivity contribution in [2.75, 3.05) is 11.9 Å². The van der Waals surface area contributed by atoms with Crippen LogP contribution in [0.1, 0.15) is 104 Å². The van der Waals surface area contributed by atoms with Gasteiger partial charge in [-0.1, -0.05) is 38.3 Å². The van der Waals surface area contributed by atoms with Crippen molar-refractivity contribution in [2.24, 2.45) is 40.4 Å². The molecule has 36 heavy (non-hydrogen) atoms. The lowest BCUT2D eigenvalue weighted by Gasteiger charge is -2.60. The number of carbonyl (C=O) groups is 1. The molecule has 5 heteroatoms. The first-order chi connectivity index (χ1) is 17.3. The standard InChI is InChI=1S/C31H47ClN2OS/c1-4-33-23-13-16-28(27(32)20-23)36-34-29(35)10-7-9-22-12-15-25-24-14-11-21-8-5-6-18-30(21,2)26(24)17-19-31(22,25)3/h13,16,20-22,24-26,33H,4-12,14-15,17-19H2,1-3H3,(H,34,35). The monoisotopic (exact) mass is 530 g/mol. The van der Waals surface area contributed by atoms with Crippen molar-refractivity contribution in [1.29, 1.82) is 0 Å². The Bertz CT molecular complexity index is 939. The maximum atomic E-state index is 12.6. The molecule has 0 aromatic heterocycles. The fourth-order valence-corrected chi connectivity index (χ4v) is 10.4. The van der Waals surface area contributed by atoms with Crippen LogP contribution in [0.5, 0.6) is 0 Å². The van der Waals surface area contributed by atoms with Crippen LogP contribution in [0.4, 0.5) is 5.69 Å². The van der Waals surface area contributed by atoms with E-state index in [1.54, 1.807) is 0 Å². The molecule has 2 N–H and O–H groups in total. The van der Waals surface area contributed by atoms with E-state index >= 15 is 0 Å². The SMILES string of the molecule is CCNc1ccc(SNC(=O)CCCC2CCC3C4CCC5CCCCC5(C)C4CCC23C)c(Cl)c1. The Balaban J connectivity index is 1.11. The van der Waals surface area contributed by atoms with Crippen molar-refractivity contribution < 1.29 is 4.79 Å². The Morgan fingerprint density at radius 2 is 1.86 bits per heavy atom. The molecule has 7 atom stereocenters. The summed E-state index contributed by atoms with van der Waals surface area (Å²) in [6.07, 6.45) is 17.5. The van der Waals surface area contributed by atoms with Crippen LogP contribution in [0.2, 0.25) is 5.02 Å². The highest BCUT2D eigenvalue weighted by Gasteiger charge is 2.59. The van der Waals surface area contributed by atoms with Gasteiger partial charge in [-0.05, 0) is 142 Å². The van der Waals surface area contributed by atoms with Gasteiger partial charge < -0.3 is 5.32 Å². The number of hydrogen-bond acceptors (Lipinski definition) is 3. The van der Waals surface area contributed by atoms with E-state index in [-0.39, 0.29) is 5.91 Å². The Morgan fingerprint density at radius 1 is 1.03 bits per heavy atom. The molecule has 1 amide bonds. The van der Waals surface area contributed by atoms with Gasteiger partial charge in [0.25, 0.3) is 0 Å². The summed E-state index contributed by atoms with van der Waals surface area (Å²) in [7, 11) is 0. The van der Waals surface area contributed by atoms with E-state index < -0.39 is 0 Å². The average molecular weight is 531 g/mol. The van der Waals surface area contributed by atoms with Crippen molar-refractivity contribution in [2.45, 2.75) is 109 Å². The van der Waals surface area contributed by atoms with E-state index in [0.717, 1.165) is 53.1 Å². The molecule has 0 heterocycles. The smallest absolute Gasteiger partial charge is 0.230 e. The number of fused-ring (bicyclic) bond motifs is 5. The number of halogens is 1. The maximum absolute atomic E-state index is 12.6. The average Bonchev–Trinajstić information content (AvgIpc) is 3.19. The number of amides is 1. The van der Waals surface area contributed by atoms with Gasteiger partial charge in [0.15, 0.2) is 0 Å². The molecule has 5 rings (SSSR count). The zero-order chi connectivity index (χ0) is 25.3. The molecular formula is C31H47ClN2OS. The fourth-order valence-electron chi connectivity index (χ4n) is 9.45. The number of nitrogens with one attached hydrogen (secondary N) is 2. The van der Waals surface area contributed by atoms with E-state index in [2.05, 4.69) is 30.8 Å². The highest BCUT2D eigenvalue weighted by molar-refractivity contribution is 7.98. The van der Waals surface area contributed by atoms with Crippen LogP contribution in [-0.4, -0.2) is 12.5 Å². The normalized spacial score (nSPS) is 37.5. The van der Waals surface area contributed by atoms with Gasteiger partial charge in [0.1, 0.15) is 0 Å². The number of hydrogen-bond donors (Lipinski definition) is 2. The third-order valence-electron chi connectivity index (χ3n) is 11.3. The molecular weight excluding hydrogens is 484 g/mol. The van der Waals surface area contributed by atoms with Crippen molar-refractivity contribution >= 4 is 35.1 Å². The lowest BCUT2D eigenvalue weighted by atomic mass is 9.45. The number of anilines is 1. The highest BCUT2D eigenvalue weighted by atomic mass is 35.5. The summed E-state index contributed by atoms with van der Waals surface area (Å²) in [5.74, 6) is 4.81. The van der Waals surface area contributed by atoms with E-state index in [4.69, 9.17) is 11.6 Å². The van der Waals surface area contributed by atoms with Gasteiger partial charge >= 0.3 is 0 Å². The zero-order valence-electron chi connectivity index (χ0n) is 22.7. The molecule has 4 saturated carbocycles. The van der Waals surface area contributed by atoms with Gasteiger partial charge in [0, 0.05) is 23.5 Å². The van der Waals surface area contributed by atoms with E-state index in [9.17, 15) is 4.79 Å². The minimum absolute atomic E-state index is 0.124. The molecule has 4 aliphatic carbocycles. The fraction of sp³-hybridized carbons (Fsp3) is 0.774. The number of carbonyl (C=O) groups excluding carboxylic acids is 1. The second-order valence-electron chi connectivity index (χ2n) is 12.9. The van der Waals surface area contributed by atoms with Crippen LogP contribution < -0.4 is 10.0 Å². The van der Waals surface area contributed by atoms with Gasteiger partial charge in [0.2, 0.25) is 5.91 Å². The quantitative estimate of drug-likeness (QED) is 0.329. The predicted octanol–water partition coefficient (Wildman–Crippen LogP) is 9.11. The lowest BCUT2D eigenvalue weighted by molar-refractivity contribution is -0.119. The molecule has 7 unspecified atom stereocenters. The first-order valence-corrected chi connectivity index (χ1v) is 16.0. The van der Waals surface area contributed by atoms with Gasteiger partial charge in [-0.15, -0.1) is 0 Å². The maximum Gasteiger partial charge on any atom is 0.230 e. The zero-order valence-corrected chi connectivity index (χ0v) is 24.3. The number of rotatable bonds is 8. The van der Waals surface area contributed by atoms with E-state index in [0.29, 0.717) is 22.3 Å². The molecule has 0 radical (unpaired) electrons. The first kappa shape index (κ1) is 26.7. The third kappa shape index (κ3) is 5.07. The van der Waals surface area contributed by atoms with Gasteiger partial charge in [-0.25, -0.2) is 0 Å². The third-order valence-corrected chi connectivity index (χ3v) is 12.7. The summed E-state index contributed by atoms with van der Waals surface area (Å²) >= 11 is 7.75. The Labute approximate surface area is 228 Å². The van der Waals surface area contributed by atoms with Crippen LogP contribution in [0, 0.1) is 40.4 Å². The largest absolute Gasteiger partial charge is 0.385 e. The second-order valence-corrected chi connectivity index (χ2v) is 14.2. The van der Waals surface area contributed by atoms with Crippen molar-refractivity contribution in [3.8, 4) is 0 Å². The minimum atomic E-state index is 0.124. The molecule has 0 aliphatic heterocycles. The van der Waals surface area contributed by atoms with Crippen molar-refractivity contribution in [1.82, 2.24) is 4.72 Å². The molecule has 200 valence electrons. The summed E-state index contributed by atoms with van der Waals surface area (Å²) in [5.41, 5.74) is 2.15. The molecule has 4 aliphatic rings. The molecule has 0 bridgehead atoms. The molecule has 1 aromatic carbocycles. The summed E-state index contributed by atoms with van der Waals surface area (Å²) in [6, 6.07) is 5.91. The van der Waals surface area contributed by atoms with Crippen molar-refractivity contribution in [3.05, 3.63) is 23.2 Å².